The normalized spacial score (nSPS) is 21.1. The molecule has 3 heterocycles. The third kappa shape index (κ3) is 3.37. The van der Waals surface area contributed by atoms with Crippen LogP contribution in [0, 0.1) is 28.4 Å². The van der Waals surface area contributed by atoms with Crippen molar-refractivity contribution in [3.63, 3.8) is 0 Å². The van der Waals surface area contributed by atoms with E-state index in [1.54, 1.807) is 23.3 Å². The number of benzene rings is 1. The summed E-state index contributed by atoms with van der Waals surface area (Å²) in [6.07, 6.45) is 6.76. The van der Waals surface area contributed by atoms with Gasteiger partial charge < -0.3 is 0 Å². The maximum atomic E-state index is 14.5. The molecule has 0 radical (unpaired) electrons. The molecule has 0 spiro atoms. The van der Waals surface area contributed by atoms with Gasteiger partial charge in [-0.1, -0.05) is 19.9 Å². The Labute approximate surface area is 212 Å². The topological polar surface area (TPSA) is 106 Å². The molecular formula is C27H24F2N8. The molecule has 1 aromatic carbocycles. The second-order valence-corrected chi connectivity index (χ2v) is 10.2. The van der Waals surface area contributed by atoms with Gasteiger partial charge in [-0.25, -0.2) is 23.7 Å². The second-order valence-electron chi connectivity index (χ2n) is 10.2. The summed E-state index contributed by atoms with van der Waals surface area (Å²) in [5, 5.41) is 22.1. The number of fused-ring (bicyclic) bond motifs is 5. The average molecular weight is 499 g/mol. The van der Waals surface area contributed by atoms with Gasteiger partial charge in [0.25, 0.3) is 5.95 Å². The lowest BCUT2D eigenvalue weighted by molar-refractivity contribution is 0.242. The zero-order valence-electron chi connectivity index (χ0n) is 20.5. The Hall–Kier alpha value is -4.13. The van der Waals surface area contributed by atoms with E-state index < -0.39 is 17.0 Å². The highest BCUT2D eigenvalue weighted by molar-refractivity contribution is 5.64. The van der Waals surface area contributed by atoms with Crippen molar-refractivity contribution in [2.75, 3.05) is 0 Å². The van der Waals surface area contributed by atoms with Gasteiger partial charge in [-0.05, 0) is 60.4 Å². The van der Waals surface area contributed by atoms with Gasteiger partial charge in [0, 0.05) is 19.0 Å². The number of halogens is 2. The summed E-state index contributed by atoms with van der Waals surface area (Å²) in [5.74, 6) is -0.147. The molecule has 2 bridgehead atoms. The highest BCUT2D eigenvalue weighted by Gasteiger charge is 2.65. The SMILES string of the molecule is CC1(C)[C@H]2CC[C@]1(c1ccnc(-n3cnc(CCCC#N)n3)n1)c1nnc(-c3c(F)cccc3F)cc12. The Morgan fingerprint density at radius 1 is 1.14 bits per heavy atom. The maximum absolute atomic E-state index is 14.5. The summed E-state index contributed by atoms with van der Waals surface area (Å²) in [4.78, 5) is 13.7. The van der Waals surface area contributed by atoms with Gasteiger partial charge in [0.2, 0.25) is 0 Å². The molecule has 2 aliphatic rings. The molecule has 186 valence electrons. The van der Waals surface area contributed by atoms with Crippen LogP contribution in [0.4, 0.5) is 8.78 Å². The van der Waals surface area contributed by atoms with E-state index in [-0.39, 0.29) is 22.6 Å². The summed E-state index contributed by atoms with van der Waals surface area (Å²) in [7, 11) is 0. The van der Waals surface area contributed by atoms with Crippen LogP contribution in [0.15, 0.2) is 42.9 Å². The van der Waals surface area contributed by atoms with Crippen LogP contribution >= 0.6 is 0 Å². The molecule has 0 saturated heterocycles. The molecule has 4 aromatic rings. The quantitative estimate of drug-likeness (QED) is 0.350. The van der Waals surface area contributed by atoms with Crippen LogP contribution in [0.2, 0.25) is 0 Å². The van der Waals surface area contributed by atoms with E-state index in [4.69, 9.17) is 10.2 Å². The van der Waals surface area contributed by atoms with E-state index in [2.05, 4.69) is 45.2 Å². The first-order chi connectivity index (χ1) is 17.9. The Morgan fingerprint density at radius 3 is 2.73 bits per heavy atom. The first-order valence-corrected chi connectivity index (χ1v) is 12.3. The van der Waals surface area contributed by atoms with Gasteiger partial charge in [-0.3, -0.25) is 0 Å². The first kappa shape index (κ1) is 23.3. The van der Waals surface area contributed by atoms with Crippen LogP contribution in [-0.2, 0) is 11.8 Å². The number of unbranched alkanes of at least 4 members (excludes halogenated alkanes) is 1. The van der Waals surface area contributed by atoms with Gasteiger partial charge in [0.15, 0.2) is 5.82 Å². The monoisotopic (exact) mass is 498 g/mol. The van der Waals surface area contributed by atoms with Gasteiger partial charge in [-0.2, -0.15) is 15.0 Å². The maximum Gasteiger partial charge on any atom is 0.252 e. The van der Waals surface area contributed by atoms with E-state index in [0.29, 0.717) is 31.0 Å². The zero-order valence-corrected chi connectivity index (χ0v) is 20.5. The standard InChI is InChI=1S/C27H24F2N8/c1-26(2)17-9-11-27(26,24-16(17)14-20(34-35-24)23-18(28)6-5-7-19(23)29)21-10-13-31-25(33-21)37-15-32-22(36-37)8-3-4-12-30/h5-7,10,13-15,17H,3-4,8-9,11H2,1-2H3/t17-,27-/m0/s1. The van der Waals surface area contributed by atoms with Gasteiger partial charge >= 0.3 is 0 Å². The fraction of sp³-hybridized carbons (Fsp3) is 0.370. The average Bonchev–Trinajstić information content (AvgIpc) is 3.52. The smallest absolute Gasteiger partial charge is 0.220 e. The molecule has 0 aliphatic heterocycles. The van der Waals surface area contributed by atoms with Crippen LogP contribution in [0.3, 0.4) is 0 Å². The highest BCUT2D eigenvalue weighted by Crippen LogP contribution is 2.69. The third-order valence-corrected chi connectivity index (χ3v) is 8.11. The fourth-order valence-electron chi connectivity index (χ4n) is 6.29. The Morgan fingerprint density at radius 2 is 1.95 bits per heavy atom. The summed E-state index contributed by atoms with van der Waals surface area (Å²) in [6, 6.07) is 9.62. The zero-order chi connectivity index (χ0) is 25.8. The molecule has 0 N–H and O–H groups in total. The molecule has 0 amide bonds. The minimum Gasteiger partial charge on any atom is -0.220 e. The Balaban J connectivity index is 1.42. The summed E-state index contributed by atoms with van der Waals surface area (Å²) >= 11 is 0. The lowest BCUT2D eigenvalue weighted by Gasteiger charge is -2.37. The van der Waals surface area contributed by atoms with Crippen LogP contribution in [0.1, 0.15) is 68.2 Å². The van der Waals surface area contributed by atoms with Crippen LogP contribution in [0.25, 0.3) is 17.2 Å². The van der Waals surface area contributed by atoms with E-state index in [9.17, 15) is 8.78 Å². The van der Waals surface area contributed by atoms with Gasteiger partial charge in [0.1, 0.15) is 18.0 Å². The highest BCUT2D eigenvalue weighted by atomic mass is 19.1. The largest absolute Gasteiger partial charge is 0.252 e. The number of aryl methyl sites for hydroxylation is 1. The predicted octanol–water partition coefficient (Wildman–Crippen LogP) is 4.84. The van der Waals surface area contributed by atoms with E-state index in [1.165, 1.54) is 18.2 Å². The van der Waals surface area contributed by atoms with Crippen molar-refractivity contribution >= 4 is 0 Å². The summed E-state index contributed by atoms with van der Waals surface area (Å²) in [5.41, 5.74) is 1.83. The van der Waals surface area contributed by atoms with E-state index in [0.717, 1.165) is 29.8 Å². The van der Waals surface area contributed by atoms with Crippen LogP contribution < -0.4 is 0 Å². The lowest BCUT2D eigenvalue weighted by atomic mass is 9.66. The third-order valence-electron chi connectivity index (χ3n) is 8.11. The van der Waals surface area contributed by atoms with Crippen LogP contribution in [0.5, 0.6) is 0 Å². The Bertz CT molecular complexity index is 1540. The molecular weight excluding hydrogens is 474 g/mol. The van der Waals surface area contributed by atoms with Gasteiger partial charge in [0.05, 0.1) is 34.1 Å². The number of rotatable bonds is 6. The Kier molecular flexibility index (Phi) is 5.33. The number of nitrogens with zero attached hydrogens (tertiary/aromatic N) is 8. The molecule has 8 nitrogen and oxygen atoms in total. The van der Waals surface area contributed by atoms with Crippen molar-refractivity contribution in [3.05, 3.63) is 77.3 Å². The molecule has 1 saturated carbocycles. The van der Waals surface area contributed by atoms with Crippen molar-refractivity contribution < 1.29 is 8.78 Å². The van der Waals surface area contributed by atoms with Crippen molar-refractivity contribution in [3.8, 4) is 23.3 Å². The predicted molar refractivity (Wildman–Crippen MR) is 129 cm³/mol. The first-order valence-electron chi connectivity index (χ1n) is 12.3. The van der Waals surface area contributed by atoms with E-state index in [1.807, 2.05) is 6.07 Å². The van der Waals surface area contributed by atoms with Crippen molar-refractivity contribution in [1.82, 2.24) is 34.9 Å². The van der Waals surface area contributed by atoms with Gasteiger partial charge in [-0.15, -0.1) is 10.2 Å². The number of hydrogen-bond donors (Lipinski definition) is 0. The molecule has 37 heavy (non-hydrogen) atoms. The molecule has 3 aromatic heterocycles. The van der Waals surface area contributed by atoms with Crippen molar-refractivity contribution in [2.45, 2.75) is 57.3 Å². The molecule has 2 aliphatic carbocycles. The van der Waals surface area contributed by atoms with E-state index >= 15 is 0 Å². The van der Waals surface area contributed by atoms with Crippen LogP contribution in [-0.4, -0.2) is 34.9 Å². The van der Waals surface area contributed by atoms with Crippen molar-refractivity contribution in [2.24, 2.45) is 5.41 Å². The second kappa shape index (κ2) is 8.47. The molecule has 1 fully saturated rings. The molecule has 6 rings (SSSR count). The number of nitriles is 1. The minimum atomic E-state index is -0.661. The minimum absolute atomic E-state index is 0.142. The number of aromatic nitrogens is 7. The lowest BCUT2D eigenvalue weighted by Crippen LogP contribution is -2.38. The number of hydrogen-bond acceptors (Lipinski definition) is 7. The molecule has 2 atom stereocenters. The fourth-order valence-corrected chi connectivity index (χ4v) is 6.29. The summed E-state index contributed by atoms with van der Waals surface area (Å²) in [6.45, 7) is 4.39. The molecule has 10 heteroatoms. The summed E-state index contributed by atoms with van der Waals surface area (Å²) < 4.78 is 30.6. The van der Waals surface area contributed by atoms with Crippen molar-refractivity contribution in [1.29, 1.82) is 5.26 Å². The molecule has 0 unspecified atom stereocenters.